The molecule has 1 atom stereocenters. The summed E-state index contributed by atoms with van der Waals surface area (Å²) in [5, 5.41) is 7.92. The van der Waals surface area contributed by atoms with Gasteiger partial charge in [-0.1, -0.05) is 26.2 Å². The van der Waals surface area contributed by atoms with Gasteiger partial charge < -0.3 is 0 Å². The topological polar surface area (TPSA) is 70.0 Å². The molecule has 4 nitrogen and oxygen atoms in total. The van der Waals surface area contributed by atoms with Gasteiger partial charge in [0.1, 0.15) is 0 Å². The lowest BCUT2D eigenvalue weighted by Gasteiger charge is -2.35. The summed E-state index contributed by atoms with van der Waals surface area (Å²) in [6.45, 7) is 2.17. The molecule has 0 aromatic rings. The molecule has 0 heterocycles. The van der Waals surface area contributed by atoms with E-state index in [1.807, 2.05) is 12.3 Å². The Hall–Kier alpha value is -0.250. The minimum Gasteiger partial charge on any atom is -0.213 e. The minimum absolute atomic E-state index is 0.0269. The van der Waals surface area contributed by atoms with Crippen molar-refractivity contribution < 1.29 is 8.42 Å². The summed E-state index contributed by atoms with van der Waals surface area (Å²) in [6.07, 6.45) is 8.06. The van der Waals surface area contributed by atoms with Crippen LogP contribution in [-0.4, -0.2) is 31.2 Å². The first-order valence-corrected chi connectivity index (χ1v) is 9.20. The Labute approximate surface area is 115 Å². The average molecular weight is 290 g/mol. The fraction of sp³-hybridized carbons (Fsp3) is 0.917. The lowest BCUT2D eigenvalue weighted by atomic mass is 9.88. The zero-order chi connectivity index (χ0) is 13.6. The van der Waals surface area contributed by atoms with Crippen LogP contribution in [-0.2, 0) is 10.0 Å². The molecular weight excluding hydrogens is 268 g/mol. The van der Waals surface area contributed by atoms with Crippen LogP contribution in [0.2, 0.25) is 0 Å². The molecule has 6 heteroatoms. The second-order valence-corrected chi connectivity index (χ2v) is 8.06. The van der Waals surface area contributed by atoms with Crippen molar-refractivity contribution in [2.75, 3.05) is 12.8 Å². The van der Waals surface area contributed by atoms with Gasteiger partial charge in [0.05, 0.1) is 6.07 Å². The third-order valence-electron chi connectivity index (χ3n) is 3.68. The summed E-state index contributed by atoms with van der Waals surface area (Å²) in [6, 6.07) is 1.85. The van der Waals surface area contributed by atoms with E-state index in [1.165, 1.54) is 6.42 Å². The quantitative estimate of drug-likeness (QED) is 0.814. The predicted molar refractivity (Wildman–Crippen MR) is 75.9 cm³/mol. The Morgan fingerprint density at radius 3 is 2.44 bits per heavy atom. The van der Waals surface area contributed by atoms with Crippen LogP contribution in [0.3, 0.4) is 0 Å². The first-order chi connectivity index (χ1) is 8.49. The predicted octanol–water partition coefficient (Wildman–Crippen LogP) is 2.27. The molecule has 0 bridgehead atoms. The molecule has 0 radical (unpaired) electrons. The Morgan fingerprint density at radius 2 is 2.00 bits per heavy atom. The number of nitrogens with one attached hydrogen (secondary N) is 1. The van der Waals surface area contributed by atoms with Crippen LogP contribution in [0.15, 0.2) is 0 Å². The van der Waals surface area contributed by atoms with Crippen LogP contribution in [0, 0.1) is 11.3 Å². The van der Waals surface area contributed by atoms with Gasteiger partial charge in [-0.25, -0.2) is 13.1 Å². The smallest absolute Gasteiger partial charge is 0.213 e. The first-order valence-electron chi connectivity index (χ1n) is 6.43. The number of thioether (sulfide) groups is 1. The van der Waals surface area contributed by atoms with Crippen molar-refractivity contribution in [2.45, 2.75) is 55.4 Å². The number of nitrogens with zero attached hydrogens (tertiary/aromatic N) is 1. The third kappa shape index (κ3) is 3.87. The van der Waals surface area contributed by atoms with Crippen molar-refractivity contribution in [2.24, 2.45) is 0 Å². The van der Waals surface area contributed by atoms with Crippen LogP contribution in [0.1, 0.15) is 45.4 Å². The molecule has 1 unspecified atom stereocenters. The summed E-state index contributed by atoms with van der Waals surface area (Å²) < 4.78 is 26.6. The number of nitriles is 1. The van der Waals surface area contributed by atoms with Crippen molar-refractivity contribution in [3.05, 3.63) is 0 Å². The second kappa shape index (κ2) is 6.78. The fourth-order valence-corrected chi connectivity index (χ4v) is 4.62. The van der Waals surface area contributed by atoms with Gasteiger partial charge in [-0.3, -0.25) is 0 Å². The second-order valence-electron chi connectivity index (χ2n) is 4.84. The maximum atomic E-state index is 12.0. The Bertz CT molecular complexity index is 395. The molecule has 1 aliphatic rings. The lowest BCUT2D eigenvalue weighted by Crippen LogP contribution is -2.44. The van der Waals surface area contributed by atoms with Crippen molar-refractivity contribution >= 4 is 21.8 Å². The SMILES string of the molecule is CCC(C#N)S(=O)(=O)NCC1(SC)CCCCC1. The van der Waals surface area contributed by atoms with E-state index in [1.54, 1.807) is 18.7 Å². The Balaban J connectivity index is 2.65. The average Bonchev–Trinajstić information content (AvgIpc) is 2.39. The maximum Gasteiger partial charge on any atom is 0.228 e. The number of rotatable bonds is 6. The fourth-order valence-electron chi connectivity index (χ4n) is 2.36. The third-order valence-corrected chi connectivity index (χ3v) is 6.84. The normalized spacial score (nSPS) is 21.2. The molecule has 1 N–H and O–H groups in total. The van der Waals surface area contributed by atoms with Crippen molar-refractivity contribution in [1.29, 1.82) is 5.26 Å². The number of hydrogen-bond acceptors (Lipinski definition) is 4. The molecule has 1 saturated carbocycles. The van der Waals surface area contributed by atoms with E-state index in [0.29, 0.717) is 13.0 Å². The molecule has 0 aromatic carbocycles. The van der Waals surface area contributed by atoms with E-state index in [2.05, 4.69) is 4.72 Å². The van der Waals surface area contributed by atoms with Crippen LogP contribution in [0.25, 0.3) is 0 Å². The Morgan fingerprint density at radius 1 is 1.39 bits per heavy atom. The van der Waals surface area contributed by atoms with E-state index in [4.69, 9.17) is 5.26 Å². The summed E-state index contributed by atoms with van der Waals surface area (Å²) in [7, 11) is -3.49. The molecule has 0 amide bonds. The molecular formula is C12H22N2O2S2. The highest BCUT2D eigenvalue weighted by Crippen LogP contribution is 2.38. The molecule has 0 aliphatic heterocycles. The monoisotopic (exact) mass is 290 g/mol. The first kappa shape index (κ1) is 15.8. The zero-order valence-electron chi connectivity index (χ0n) is 11.1. The van der Waals surface area contributed by atoms with Crippen molar-refractivity contribution in [3.8, 4) is 6.07 Å². The highest BCUT2D eigenvalue weighted by molar-refractivity contribution is 8.00. The highest BCUT2D eigenvalue weighted by Gasteiger charge is 2.33. The van der Waals surface area contributed by atoms with Crippen LogP contribution >= 0.6 is 11.8 Å². The van der Waals surface area contributed by atoms with Gasteiger partial charge in [-0.15, -0.1) is 0 Å². The van der Waals surface area contributed by atoms with E-state index in [0.717, 1.165) is 25.7 Å². The minimum atomic E-state index is -3.49. The van der Waals surface area contributed by atoms with Gasteiger partial charge in [0.2, 0.25) is 10.0 Å². The molecule has 0 aromatic heterocycles. The molecule has 1 aliphatic carbocycles. The van der Waals surface area contributed by atoms with Crippen LogP contribution < -0.4 is 4.72 Å². The van der Waals surface area contributed by atoms with Gasteiger partial charge in [-0.2, -0.15) is 17.0 Å². The van der Waals surface area contributed by atoms with E-state index < -0.39 is 15.3 Å². The van der Waals surface area contributed by atoms with Crippen LogP contribution in [0.4, 0.5) is 0 Å². The highest BCUT2D eigenvalue weighted by atomic mass is 32.2. The van der Waals surface area contributed by atoms with Crippen molar-refractivity contribution in [3.63, 3.8) is 0 Å². The lowest BCUT2D eigenvalue weighted by molar-refractivity contribution is 0.394. The maximum absolute atomic E-state index is 12.0. The van der Waals surface area contributed by atoms with E-state index in [9.17, 15) is 8.42 Å². The van der Waals surface area contributed by atoms with E-state index >= 15 is 0 Å². The molecule has 0 spiro atoms. The van der Waals surface area contributed by atoms with Gasteiger partial charge in [0, 0.05) is 11.3 Å². The summed E-state index contributed by atoms with van der Waals surface area (Å²) in [5.41, 5.74) is 0. The van der Waals surface area contributed by atoms with Gasteiger partial charge in [-0.05, 0) is 25.5 Å². The molecule has 1 fully saturated rings. The number of hydrogen-bond donors (Lipinski definition) is 1. The summed E-state index contributed by atoms with van der Waals surface area (Å²) in [4.78, 5) is 0. The number of sulfonamides is 1. The molecule has 18 heavy (non-hydrogen) atoms. The molecule has 0 saturated heterocycles. The standard InChI is InChI=1S/C12H22N2O2S2/c1-3-11(9-13)18(15,16)14-10-12(17-2)7-5-4-6-8-12/h11,14H,3-8,10H2,1-2H3. The largest absolute Gasteiger partial charge is 0.228 e. The van der Waals surface area contributed by atoms with Crippen LogP contribution in [0.5, 0.6) is 0 Å². The summed E-state index contributed by atoms with van der Waals surface area (Å²) >= 11 is 1.75. The van der Waals surface area contributed by atoms with Gasteiger partial charge in [0.25, 0.3) is 0 Å². The van der Waals surface area contributed by atoms with Gasteiger partial charge in [0.15, 0.2) is 5.25 Å². The summed E-state index contributed by atoms with van der Waals surface area (Å²) in [5.74, 6) is 0. The Kier molecular flexibility index (Phi) is 5.96. The zero-order valence-corrected chi connectivity index (χ0v) is 12.7. The van der Waals surface area contributed by atoms with E-state index in [-0.39, 0.29) is 4.75 Å². The van der Waals surface area contributed by atoms with Crippen molar-refractivity contribution in [1.82, 2.24) is 4.72 Å². The molecule has 104 valence electrons. The molecule has 1 rings (SSSR count). The van der Waals surface area contributed by atoms with Gasteiger partial charge >= 0.3 is 0 Å².